The molecule has 0 spiro atoms. The minimum absolute atomic E-state index is 0.0564. The number of hydrogen-bond acceptors (Lipinski definition) is 8. The summed E-state index contributed by atoms with van der Waals surface area (Å²) >= 11 is 0. The summed E-state index contributed by atoms with van der Waals surface area (Å²) in [6, 6.07) is 10.1. The number of methoxy groups -OCH3 is 1. The lowest BCUT2D eigenvalue weighted by Crippen LogP contribution is -2.36. The number of benzene rings is 2. The van der Waals surface area contributed by atoms with Crippen molar-refractivity contribution in [2.45, 2.75) is 33.2 Å². The molecule has 2 heterocycles. The number of fused-ring (bicyclic) bond motifs is 1. The standard InChI is InChI=1S/C26H29NO7/c1-4-32-26(30)17-11-13-27(14-12-17)15-19-20(28)10-9-18-23(29)24(16(2)33-25(18)19)34-22-8-6-5-7-21(22)31-3/h5-10,17,28H,4,11-15H2,1-3H3. The Morgan fingerprint density at radius 3 is 2.53 bits per heavy atom. The fraction of sp³-hybridized carbons (Fsp3) is 0.385. The van der Waals surface area contributed by atoms with Gasteiger partial charge >= 0.3 is 5.97 Å². The Balaban J connectivity index is 1.62. The maximum Gasteiger partial charge on any atom is 0.309 e. The number of ether oxygens (including phenoxy) is 3. The van der Waals surface area contributed by atoms with Crippen LogP contribution in [0.3, 0.4) is 0 Å². The van der Waals surface area contributed by atoms with Crippen molar-refractivity contribution in [2.24, 2.45) is 5.92 Å². The van der Waals surface area contributed by atoms with Gasteiger partial charge in [-0.05, 0) is 64.0 Å². The minimum atomic E-state index is -0.327. The summed E-state index contributed by atoms with van der Waals surface area (Å²) in [5.41, 5.74) is 0.547. The number of para-hydroxylation sites is 2. The Bertz CT molecular complexity index is 1240. The molecule has 0 amide bonds. The van der Waals surface area contributed by atoms with E-state index in [-0.39, 0.29) is 28.8 Å². The van der Waals surface area contributed by atoms with Crippen LogP contribution in [0.1, 0.15) is 31.1 Å². The van der Waals surface area contributed by atoms with Crippen molar-refractivity contribution in [1.29, 1.82) is 0 Å². The second-order valence-electron chi connectivity index (χ2n) is 8.31. The lowest BCUT2D eigenvalue weighted by Gasteiger charge is -2.31. The van der Waals surface area contributed by atoms with Crippen LogP contribution in [0.15, 0.2) is 45.6 Å². The maximum atomic E-state index is 13.3. The number of carbonyl (C=O) groups is 1. The predicted molar refractivity (Wildman–Crippen MR) is 127 cm³/mol. The molecule has 1 aliphatic heterocycles. The fourth-order valence-corrected chi connectivity index (χ4v) is 4.29. The third-order valence-corrected chi connectivity index (χ3v) is 6.13. The van der Waals surface area contributed by atoms with Gasteiger partial charge in [-0.3, -0.25) is 14.5 Å². The lowest BCUT2D eigenvalue weighted by atomic mass is 9.96. The number of piperidine rings is 1. The first-order chi connectivity index (χ1) is 16.4. The molecule has 0 saturated carbocycles. The Morgan fingerprint density at radius 1 is 1.15 bits per heavy atom. The summed E-state index contributed by atoms with van der Waals surface area (Å²) in [6.45, 7) is 5.59. The van der Waals surface area contributed by atoms with Gasteiger partial charge in [0.05, 0.1) is 30.6 Å². The molecule has 4 rings (SSSR count). The zero-order valence-electron chi connectivity index (χ0n) is 19.6. The summed E-state index contributed by atoms with van der Waals surface area (Å²) in [4.78, 5) is 27.5. The number of hydrogen-bond donors (Lipinski definition) is 1. The number of phenolic OH excluding ortho intramolecular Hbond substituents is 1. The molecule has 1 fully saturated rings. The van der Waals surface area contributed by atoms with Crippen LogP contribution in [-0.2, 0) is 16.1 Å². The number of nitrogens with zero attached hydrogens (tertiary/aromatic N) is 1. The molecule has 1 aromatic heterocycles. The van der Waals surface area contributed by atoms with Gasteiger partial charge in [0.2, 0.25) is 11.2 Å². The van der Waals surface area contributed by atoms with Crippen LogP contribution in [0.5, 0.6) is 23.0 Å². The topological polar surface area (TPSA) is 98.4 Å². The zero-order valence-corrected chi connectivity index (χ0v) is 19.6. The van der Waals surface area contributed by atoms with E-state index in [1.165, 1.54) is 13.2 Å². The average molecular weight is 468 g/mol. The summed E-state index contributed by atoms with van der Waals surface area (Å²) in [5.74, 6) is 1.08. The van der Waals surface area contributed by atoms with Gasteiger partial charge in [-0.1, -0.05) is 12.1 Å². The highest BCUT2D eigenvalue weighted by molar-refractivity contribution is 5.83. The van der Waals surface area contributed by atoms with Crippen molar-refractivity contribution in [3.63, 3.8) is 0 Å². The van der Waals surface area contributed by atoms with E-state index in [9.17, 15) is 14.7 Å². The molecular formula is C26H29NO7. The quantitative estimate of drug-likeness (QED) is 0.511. The van der Waals surface area contributed by atoms with Crippen LogP contribution in [-0.4, -0.2) is 42.8 Å². The monoisotopic (exact) mass is 467 g/mol. The Morgan fingerprint density at radius 2 is 1.85 bits per heavy atom. The van der Waals surface area contributed by atoms with Crippen molar-refractivity contribution < 1.29 is 28.5 Å². The van der Waals surface area contributed by atoms with E-state index < -0.39 is 0 Å². The molecule has 1 saturated heterocycles. The molecule has 0 aliphatic carbocycles. The van der Waals surface area contributed by atoms with E-state index in [2.05, 4.69) is 4.90 Å². The molecule has 0 atom stereocenters. The molecule has 34 heavy (non-hydrogen) atoms. The highest BCUT2D eigenvalue weighted by atomic mass is 16.5. The van der Waals surface area contributed by atoms with Crippen LogP contribution < -0.4 is 14.9 Å². The van der Waals surface area contributed by atoms with E-state index >= 15 is 0 Å². The smallest absolute Gasteiger partial charge is 0.309 e. The first-order valence-corrected chi connectivity index (χ1v) is 11.4. The first-order valence-electron chi connectivity index (χ1n) is 11.4. The molecule has 180 valence electrons. The highest BCUT2D eigenvalue weighted by Gasteiger charge is 2.27. The third-order valence-electron chi connectivity index (χ3n) is 6.13. The zero-order chi connectivity index (χ0) is 24.2. The number of esters is 1. The molecule has 2 aromatic carbocycles. The molecule has 3 aromatic rings. The Labute approximate surface area is 197 Å². The van der Waals surface area contributed by atoms with Crippen LogP contribution in [0.25, 0.3) is 11.0 Å². The van der Waals surface area contributed by atoms with Gasteiger partial charge in [-0.15, -0.1) is 0 Å². The largest absolute Gasteiger partial charge is 0.507 e. The summed E-state index contributed by atoms with van der Waals surface area (Å²) in [7, 11) is 1.53. The fourth-order valence-electron chi connectivity index (χ4n) is 4.29. The van der Waals surface area contributed by atoms with Crippen LogP contribution in [0.4, 0.5) is 0 Å². The van der Waals surface area contributed by atoms with Crippen molar-refractivity contribution in [1.82, 2.24) is 4.90 Å². The van der Waals surface area contributed by atoms with E-state index in [1.807, 2.05) is 6.07 Å². The lowest BCUT2D eigenvalue weighted by molar-refractivity contribution is -0.149. The highest BCUT2D eigenvalue weighted by Crippen LogP contribution is 2.35. The summed E-state index contributed by atoms with van der Waals surface area (Å²) < 4.78 is 22.4. The number of carbonyl (C=O) groups excluding carboxylic acids is 1. The molecular weight excluding hydrogens is 438 g/mol. The molecule has 0 bridgehead atoms. The van der Waals surface area contributed by atoms with E-state index in [0.717, 1.165) is 0 Å². The summed E-state index contributed by atoms with van der Waals surface area (Å²) in [6.07, 6.45) is 1.37. The van der Waals surface area contributed by atoms with E-state index in [4.69, 9.17) is 18.6 Å². The second-order valence-corrected chi connectivity index (χ2v) is 8.31. The van der Waals surface area contributed by atoms with Crippen LogP contribution >= 0.6 is 0 Å². The van der Waals surface area contributed by atoms with Crippen molar-refractivity contribution in [3.8, 4) is 23.0 Å². The second kappa shape index (κ2) is 10.2. The van der Waals surface area contributed by atoms with Crippen LogP contribution in [0.2, 0.25) is 0 Å². The first kappa shape index (κ1) is 23.6. The molecule has 8 heteroatoms. The van der Waals surface area contributed by atoms with Gasteiger partial charge in [0, 0.05) is 6.54 Å². The van der Waals surface area contributed by atoms with Crippen molar-refractivity contribution >= 4 is 16.9 Å². The summed E-state index contributed by atoms with van der Waals surface area (Å²) in [5, 5.41) is 10.9. The van der Waals surface area contributed by atoms with Gasteiger partial charge in [0.25, 0.3) is 0 Å². The molecule has 0 unspecified atom stereocenters. The number of phenols is 1. The van der Waals surface area contributed by atoms with Gasteiger partial charge in [-0.25, -0.2) is 0 Å². The number of aryl methyl sites for hydroxylation is 1. The molecule has 8 nitrogen and oxygen atoms in total. The van der Waals surface area contributed by atoms with E-state index in [1.54, 1.807) is 38.1 Å². The molecule has 0 radical (unpaired) electrons. The van der Waals surface area contributed by atoms with Gasteiger partial charge in [0.1, 0.15) is 17.1 Å². The Kier molecular flexibility index (Phi) is 7.07. The van der Waals surface area contributed by atoms with Crippen molar-refractivity contribution in [3.05, 3.63) is 57.9 Å². The Hall–Kier alpha value is -3.52. The average Bonchev–Trinajstić information content (AvgIpc) is 2.84. The van der Waals surface area contributed by atoms with Gasteiger partial charge in [0.15, 0.2) is 11.5 Å². The van der Waals surface area contributed by atoms with Crippen molar-refractivity contribution in [2.75, 3.05) is 26.8 Å². The minimum Gasteiger partial charge on any atom is -0.507 e. The third kappa shape index (κ3) is 4.72. The molecule has 1 N–H and O–H groups in total. The maximum absolute atomic E-state index is 13.3. The predicted octanol–water partition coefficient (Wildman–Crippen LogP) is 4.38. The van der Waals surface area contributed by atoms with Gasteiger partial charge < -0.3 is 23.7 Å². The van der Waals surface area contributed by atoms with Crippen LogP contribution in [0, 0.1) is 12.8 Å². The number of rotatable bonds is 7. The van der Waals surface area contributed by atoms with E-state index in [0.29, 0.717) is 72.9 Å². The number of likely N-dealkylation sites (tertiary alicyclic amines) is 1. The molecule has 1 aliphatic rings. The SMILES string of the molecule is CCOC(=O)C1CCN(Cc2c(O)ccc3c(=O)c(Oc4ccccc4OC)c(C)oc23)CC1. The normalized spacial score (nSPS) is 14.8. The number of aromatic hydroxyl groups is 1. The van der Waals surface area contributed by atoms with Gasteiger partial charge in [-0.2, -0.15) is 0 Å².